The van der Waals surface area contributed by atoms with E-state index in [2.05, 4.69) is 44.8 Å². The van der Waals surface area contributed by atoms with E-state index in [0.29, 0.717) is 0 Å². The second-order valence-electron chi connectivity index (χ2n) is 4.24. The summed E-state index contributed by atoms with van der Waals surface area (Å²) in [4.78, 5) is 4.03. The third kappa shape index (κ3) is 6.14. The molecule has 0 aliphatic carbocycles. The molecule has 0 unspecified atom stereocenters. The summed E-state index contributed by atoms with van der Waals surface area (Å²) < 4.78 is 0. The Morgan fingerprint density at radius 3 is 2.33 bits per heavy atom. The average Bonchev–Trinajstić information content (AvgIpc) is 1.85. The van der Waals surface area contributed by atoms with Crippen molar-refractivity contribution in [3.8, 4) is 0 Å². The SMILES string of the molecule is CN=CC(C)(C)/C=C\CC(C)C. The molecular formula is C11H21N. The quantitative estimate of drug-likeness (QED) is 0.450. The van der Waals surface area contributed by atoms with E-state index in [-0.39, 0.29) is 5.41 Å². The van der Waals surface area contributed by atoms with Gasteiger partial charge in [0.15, 0.2) is 0 Å². The van der Waals surface area contributed by atoms with Gasteiger partial charge in [-0.05, 0) is 12.3 Å². The molecule has 0 aromatic carbocycles. The number of rotatable bonds is 4. The fourth-order valence-electron chi connectivity index (χ4n) is 1.02. The minimum atomic E-state index is 0.115. The van der Waals surface area contributed by atoms with Crippen molar-refractivity contribution in [3.05, 3.63) is 12.2 Å². The molecule has 0 N–H and O–H groups in total. The van der Waals surface area contributed by atoms with Gasteiger partial charge in [-0.3, -0.25) is 4.99 Å². The summed E-state index contributed by atoms with van der Waals surface area (Å²) in [5.74, 6) is 0.746. The summed E-state index contributed by atoms with van der Waals surface area (Å²) in [6.45, 7) is 8.78. The van der Waals surface area contributed by atoms with E-state index in [4.69, 9.17) is 0 Å². The zero-order chi connectivity index (χ0) is 9.61. The Hall–Kier alpha value is -0.590. The first-order chi connectivity index (χ1) is 5.48. The number of nitrogens with zero attached hydrogens (tertiary/aromatic N) is 1. The van der Waals surface area contributed by atoms with Crippen LogP contribution in [0.5, 0.6) is 0 Å². The van der Waals surface area contributed by atoms with Crippen molar-refractivity contribution in [2.45, 2.75) is 34.1 Å². The Morgan fingerprint density at radius 1 is 1.33 bits per heavy atom. The topological polar surface area (TPSA) is 12.4 Å². The van der Waals surface area contributed by atoms with Gasteiger partial charge in [0.25, 0.3) is 0 Å². The van der Waals surface area contributed by atoms with Crippen LogP contribution >= 0.6 is 0 Å². The molecule has 0 bridgehead atoms. The van der Waals surface area contributed by atoms with Crippen molar-refractivity contribution < 1.29 is 0 Å². The van der Waals surface area contributed by atoms with Crippen molar-refractivity contribution in [3.63, 3.8) is 0 Å². The summed E-state index contributed by atoms with van der Waals surface area (Å²) in [6, 6.07) is 0. The van der Waals surface area contributed by atoms with E-state index in [0.717, 1.165) is 12.3 Å². The number of hydrogen-bond donors (Lipinski definition) is 0. The van der Waals surface area contributed by atoms with Gasteiger partial charge in [-0.2, -0.15) is 0 Å². The molecule has 0 spiro atoms. The van der Waals surface area contributed by atoms with Crippen molar-refractivity contribution >= 4 is 6.21 Å². The number of allylic oxidation sites excluding steroid dienone is 2. The molecule has 0 saturated carbocycles. The Labute approximate surface area is 76.6 Å². The standard InChI is InChI=1S/C11H21N/c1-10(2)7-6-8-11(3,4)9-12-5/h6,8-10H,7H2,1-5H3/b8-6-,12-9?. The van der Waals surface area contributed by atoms with Gasteiger partial charge in [0.1, 0.15) is 0 Å². The zero-order valence-corrected chi connectivity index (χ0v) is 8.96. The van der Waals surface area contributed by atoms with Crippen LogP contribution < -0.4 is 0 Å². The van der Waals surface area contributed by atoms with E-state index in [9.17, 15) is 0 Å². The average molecular weight is 167 g/mol. The molecule has 0 fully saturated rings. The lowest BCUT2D eigenvalue weighted by molar-refractivity contribution is 0.644. The third-order valence-electron chi connectivity index (χ3n) is 1.62. The maximum atomic E-state index is 4.03. The van der Waals surface area contributed by atoms with Crippen LogP contribution in [0.3, 0.4) is 0 Å². The Balaban J connectivity index is 3.96. The highest BCUT2D eigenvalue weighted by molar-refractivity contribution is 5.67. The molecule has 0 heterocycles. The van der Waals surface area contributed by atoms with E-state index < -0.39 is 0 Å². The highest BCUT2D eigenvalue weighted by atomic mass is 14.6. The number of aliphatic imine (C=N–C) groups is 1. The fraction of sp³-hybridized carbons (Fsp3) is 0.727. The predicted molar refractivity (Wildman–Crippen MR) is 56.8 cm³/mol. The van der Waals surface area contributed by atoms with E-state index in [1.165, 1.54) is 0 Å². The molecule has 1 heteroatoms. The van der Waals surface area contributed by atoms with E-state index in [1.807, 2.05) is 13.3 Å². The maximum absolute atomic E-state index is 4.03. The molecule has 0 atom stereocenters. The largest absolute Gasteiger partial charge is 0.300 e. The summed E-state index contributed by atoms with van der Waals surface area (Å²) in [6.07, 6.45) is 7.59. The molecule has 0 saturated heterocycles. The molecule has 12 heavy (non-hydrogen) atoms. The van der Waals surface area contributed by atoms with Crippen LogP contribution in [0.25, 0.3) is 0 Å². The van der Waals surface area contributed by atoms with Crippen LogP contribution in [-0.2, 0) is 0 Å². The zero-order valence-electron chi connectivity index (χ0n) is 8.96. The van der Waals surface area contributed by atoms with Crippen molar-refractivity contribution in [1.29, 1.82) is 0 Å². The first kappa shape index (κ1) is 11.4. The highest BCUT2D eigenvalue weighted by Crippen LogP contribution is 2.14. The lowest BCUT2D eigenvalue weighted by atomic mass is 9.94. The van der Waals surface area contributed by atoms with Gasteiger partial charge in [0.2, 0.25) is 0 Å². The van der Waals surface area contributed by atoms with Crippen molar-refractivity contribution in [2.75, 3.05) is 7.05 Å². The lowest BCUT2D eigenvalue weighted by Crippen LogP contribution is -2.08. The van der Waals surface area contributed by atoms with Crippen LogP contribution in [-0.4, -0.2) is 13.3 Å². The first-order valence-electron chi connectivity index (χ1n) is 4.59. The van der Waals surface area contributed by atoms with Gasteiger partial charge in [-0.15, -0.1) is 0 Å². The minimum Gasteiger partial charge on any atom is -0.300 e. The van der Waals surface area contributed by atoms with Crippen molar-refractivity contribution in [2.24, 2.45) is 16.3 Å². The Bertz CT molecular complexity index is 164. The van der Waals surface area contributed by atoms with Crippen LogP contribution in [0.4, 0.5) is 0 Å². The normalized spacial score (nSPS) is 13.8. The summed E-state index contributed by atoms with van der Waals surface area (Å²) in [5.41, 5.74) is 0.115. The highest BCUT2D eigenvalue weighted by Gasteiger charge is 2.08. The predicted octanol–water partition coefficient (Wildman–Crippen LogP) is 3.32. The van der Waals surface area contributed by atoms with E-state index in [1.54, 1.807) is 0 Å². The van der Waals surface area contributed by atoms with Gasteiger partial charge in [0.05, 0.1) is 0 Å². The second kappa shape index (κ2) is 5.13. The van der Waals surface area contributed by atoms with Gasteiger partial charge in [0, 0.05) is 18.7 Å². The Kier molecular flexibility index (Phi) is 4.87. The third-order valence-corrected chi connectivity index (χ3v) is 1.62. The maximum Gasteiger partial charge on any atom is 0.0273 e. The van der Waals surface area contributed by atoms with Crippen LogP contribution in [0, 0.1) is 11.3 Å². The molecule has 70 valence electrons. The van der Waals surface area contributed by atoms with Gasteiger partial charge >= 0.3 is 0 Å². The summed E-state index contributed by atoms with van der Waals surface area (Å²) in [7, 11) is 1.82. The molecular weight excluding hydrogens is 146 g/mol. The summed E-state index contributed by atoms with van der Waals surface area (Å²) >= 11 is 0. The molecule has 0 aromatic rings. The fourth-order valence-corrected chi connectivity index (χ4v) is 1.02. The molecule has 0 rings (SSSR count). The smallest absolute Gasteiger partial charge is 0.0273 e. The Morgan fingerprint density at radius 2 is 1.92 bits per heavy atom. The van der Waals surface area contributed by atoms with Gasteiger partial charge < -0.3 is 0 Å². The monoisotopic (exact) mass is 167 g/mol. The molecule has 0 aliphatic heterocycles. The van der Waals surface area contributed by atoms with Gasteiger partial charge in [-0.1, -0.05) is 39.8 Å². The number of hydrogen-bond acceptors (Lipinski definition) is 1. The first-order valence-corrected chi connectivity index (χ1v) is 4.59. The van der Waals surface area contributed by atoms with Crippen LogP contribution in [0.1, 0.15) is 34.1 Å². The van der Waals surface area contributed by atoms with Crippen LogP contribution in [0.2, 0.25) is 0 Å². The molecule has 0 radical (unpaired) electrons. The molecule has 0 amide bonds. The van der Waals surface area contributed by atoms with Crippen molar-refractivity contribution in [1.82, 2.24) is 0 Å². The molecule has 0 aromatic heterocycles. The molecule has 0 aliphatic rings. The lowest BCUT2D eigenvalue weighted by Gasteiger charge is -2.12. The second-order valence-corrected chi connectivity index (χ2v) is 4.24. The van der Waals surface area contributed by atoms with Crippen LogP contribution in [0.15, 0.2) is 17.1 Å². The summed E-state index contributed by atoms with van der Waals surface area (Å²) in [5, 5.41) is 0. The molecule has 1 nitrogen and oxygen atoms in total. The van der Waals surface area contributed by atoms with E-state index >= 15 is 0 Å². The minimum absolute atomic E-state index is 0.115. The van der Waals surface area contributed by atoms with Gasteiger partial charge in [-0.25, -0.2) is 0 Å².